The van der Waals surface area contributed by atoms with Gasteiger partial charge in [0.15, 0.2) is 0 Å². The van der Waals surface area contributed by atoms with Crippen LogP contribution in [-0.2, 0) is 15.4 Å². The molecule has 0 saturated heterocycles. The molecule has 0 unspecified atom stereocenters. The van der Waals surface area contributed by atoms with Crippen molar-refractivity contribution in [2.45, 2.75) is 19.6 Å². The summed E-state index contributed by atoms with van der Waals surface area (Å²) >= 11 is 0. The average Bonchev–Trinajstić information content (AvgIpc) is 2.94. The number of hydrogen-bond acceptors (Lipinski definition) is 9. The lowest BCUT2D eigenvalue weighted by Crippen LogP contribution is -2.32. The number of oxime groups is 1. The summed E-state index contributed by atoms with van der Waals surface area (Å²) in [7, 11) is 0. The molecule has 1 aliphatic rings. The Bertz CT molecular complexity index is 1010. The van der Waals surface area contributed by atoms with Crippen molar-refractivity contribution in [1.29, 1.82) is 15.8 Å². The van der Waals surface area contributed by atoms with Gasteiger partial charge in [0.25, 0.3) is 5.69 Å². The number of non-ortho nitro benzene ring substituents is 1. The fraction of sp³-hybridized carbons (Fsp3) is 0.176. The van der Waals surface area contributed by atoms with Gasteiger partial charge in [0.2, 0.25) is 5.88 Å². The molecule has 1 aliphatic heterocycles. The minimum atomic E-state index is -2.10. The van der Waals surface area contributed by atoms with E-state index in [0.717, 1.165) is 6.07 Å². The molecular formula is C17H12N6O4. The highest BCUT2D eigenvalue weighted by atomic mass is 16.8. The zero-order valence-corrected chi connectivity index (χ0v) is 14.3. The maximum absolute atomic E-state index is 11.1. The first-order valence-electron chi connectivity index (χ1n) is 7.39. The number of benzene rings is 1. The Kier molecular flexibility index (Phi) is 5.10. The van der Waals surface area contributed by atoms with Gasteiger partial charge in [0.05, 0.1) is 21.8 Å². The molecule has 0 fully saturated rings. The van der Waals surface area contributed by atoms with Crippen LogP contribution in [0.25, 0.3) is 0 Å². The first-order valence-corrected chi connectivity index (χ1v) is 7.39. The van der Waals surface area contributed by atoms with E-state index in [-0.39, 0.29) is 22.4 Å². The van der Waals surface area contributed by atoms with Crippen molar-refractivity contribution in [3.63, 3.8) is 0 Å². The van der Waals surface area contributed by atoms with Crippen molar-refractivity contribution in [3.05, 3.63) is 62.5 Å². The summed E-state index contributed by atoms with van der Waals surface area (Å²) in [6.45, 7) is 3.22. The van der Waals surface area contributed by atoms with E-state index < -0.39 is 22.2 Å². The molecule has 0 bridgehead atoms. The van der Waals surface area contributed by atoms with Gasteiger partial charge in [-0.1, -0.05) is 17.3 Å². The third-order valence-corrected chi connectivity index (χ3v) is 3.46. The zero-order chi connectivity index (χ0) is 20.2. The van der Waals surface area contributed by atoms with Crippen LogP contribution in [0.4, 0.5) is 5.69 Å². The van der Waals surface area contributed by atoms with Crippen LogP contribution in [-0.4, -0.2) is 10.6 Å². The number of nitriles is 3. The number of ether oxygens (including phenoxy) is 1. The summed E-state index contributed by atoms with van der Waals surface area (Å²) in [4.78, 5) is 16.0. The second-order valence-corrected chi connectivity index (χ2v) is 5.48. The number of rotatable bonds is 4. The van der Waals surface area contributed by atoms with Gasteiger partial charge >= 0.3 is 5.79 Å². The summed E-state index contributed by atoms with van der Waals surface area (Å²) in [5.74, 6) is -2.50. The molecule has 10 nitrogen and oxygen atoms in total. The van der Waals surface area contributed by atoms with E-state index in [1.807, 2.05) is 0 Å². The summed E-state index contributed by atoms with van der Waals surface area (Å²) in [6.07, 6.45) is 0. The molecule has 10 heteroatoms. The maximum atomic E-state index is 11.1. The Morgan fingerprint density at radius 2 is 2.00 bits per heavy atom. The van der Waals surface area contributed by atoms with Crippen molar-refractivity contribution >= 4 is 11.4 Å². The van der Waals surface area contributed by atoms with Gasteiger partial charge in [-0.15, -0.1) is 0 Å². The molecule has 0 amide bonds. The van der Waals surface area contributed by atoms with Crippen LogP contribution >= 0.6 is 0 Å². The molecule has 0 spiro atoms. The first kappa shape index (κ1) is 19.0. The molecule has 1 heterocycles. The fourth-order valence-corrected chi connectivity index (χ4v) is 2.38. The maximum Gasteiger partial charge on any atom is 0.334 e. The van der Waals surface area contributed by atoms with E-state index in [1.165, 1.54) is 18.2 Å². The molecule has 0 aromatic heterocycles. The monoisotopic (exact) mass is 364 g/mol. The van der Waals surface area contributed by atoms with Crippen LogP contribution in [0.2, 0.25) is 0 Å². The lowest BCUT2D eigenvalue weighted by molar-refractivity contribution is -0.385. The van der Waals surface area contributed by atoms with E-state index in [1.54, 1.807) is 32.1 Å². The molecule has 1 aromatic rings. The van der Waals surface area contributed by atoms with Gasteiger partial charge in [0.1, 0.15) is 29.4 Å². The second-order valence-electron chi connectivity index (χ2n) is 5.48. The standard InChI is InChI=1S/C17H12N6O4/c1-10(2)22-27-17(12-4-3-5-13(6-12)23(24)25)15(11(7-18)8-19)14(9-20)16(21)26-17/h3-6H,21H2,1-2H3/t17-/m0/s1. The molecule has 134 valence electrons. The van der Waals surface area contributed by atoms with E-state index in [4.69, 9.17) is 15.3 Å². The van der Waals surface area contributed by atoms with Gasteiger partial charge < -0.3 is 15.3 Å². The first-order chi connectivity index (χ1) is 12.8. The number of nitrogens with zero attached hydrogens (tertiary/aromatic N) is 5. The lowest BCUT2D eigenvalue weighted by Gasteiger charge is -2.28. The SMILES string of the molecule is CC(C)=NO[C@]1(c2cccc([N+](=O)[O-])c2)OC(N)=C(C#N)C1=C(C#N)C#N. The van der Waals surface area contributed by atoms with Crippen LogP contribution in [0, 0.1) is 44.1 Å². The molecule has 0 aliphatic carbocycles. The topological polar surface area (TPSA) is 171 Å². The highest BCUT2D eigenvalue weighted by Gasteiger charge is 2.53. The van der Waals surface area contributed by atoms with E-state index in [0.29, 0.717) is 5.71 Å². The summed E-state index contributed by atoms with van der Waals surface area (Å²) in [6, 6.07) is 10.2. The number of allylic oxidation sites excluding steroid dienone is 1. The van der Waals surface area contributed by atoms with Crippen LogP contribution in [0.1, 0.15) is 19.4 Å². The summed E-state index contributed by atoms with van der Waals surface area (Å²) in [5.41, 5.74) is 4.90. The minimum Gasteiger partial charge on any atom is -0.426 e. The Hall–Kier alpha value is -4.36. The van der Waals surface area contributed by atoms with Gasteiger partial charge in [0, 0.05) is 12.1 Å². The quantitative estimate of drug-likeness (QED) is 0.366. The highest BCUT2D eigenvalue weighted by Crippen LogP contribution is 2.48. The van der Waals surface area contributed by atoms with Crippen molar-refractivity contribution in [2.24, 2.45) is 10.9 Å². The Labute approximate surface area is 153 Å². The number of nitro benzene ring substituents is 1. The number of nitrogens with two attached hydrogens (primary N) is 1. The van der Waals surface area contributed by atoms with E-state index >= 15 is 0 Å². The zero-order valence-electron chi connectivity index (χ0n) is 14.3. The smallest absolute Gasteiger partial charge is 0.334 e. The fourth-order valence-electron chi connectivity index (χ4n) is 2.38. The van der Waals surface area contributed by atoms with E-state index in [2.05, 4.69) is 5.16 Å². The second kappa shape index (κ2) is 7.26. The molecular weight excluding hydrogens is 352 g/mol. The molecule has 1 aromatic carbocycles. The van der Waals surface area contributed by atoms with Crippen LogP contribution in [0.15, 0.2) is 52.0 Å². The predicted octanol–water partition coefficient (Wildman–Crippen LogP) is 2.23. The predicted molar refractivity (Wildman–Crippen MR) is 90.8 cm³/mol. The van der Waals surface area contributed by atoms with Crippen molar-refractivity contribution in [3.8, 4) is 18.2 Å². The molecule has 2 rings (SSSR count). The van der Waals surface area contributed by atoms with Crippen LogP contribution in [0.5, 0.6) is 0 Å². The molecule has 0 saturated carbocycles. The number of nitro groups is 1. The van der Waals surface area contributed by atoms with Gasteiger partial charge in [-0.2, -0.15) is 15.8 Å². The molecule has 2 N–H and O–H groups in total. The van der Waals surface area contributed by atoms with Gasteiger partial charge in [-0.3, -0.25) is 10.1 Å². The third kappa shape index (κ3) is 3.26. The Balaban J connectivity index is 2.89. The Morgan fingerprint density at radius 1 is 1.33 bits per heavy atom. The van der Waals surface area contributed by atoms with Crippen molar-refractivity contribution in [2.75, 3.05) is 0 Å². The third-order valence-electron chi connectivity index (χ3n) is 3.46. The average molecular weight is 364 g/mol. The molecule has 1 atom stereocenters. The Morgan fingerprint density at radius 3 is 2.52 bits per heavy atom. The molecule has 27 heavy (non-hydrogen) atoms. The lowest BCUT2D eigenvalue weighted by atomic mass is 9.90. The van der Waals surface area contributed by atoms with Gasteiger partial charge in [-0.05, 0) is 13.8 Å². The van der Waals surface area contributed by atoms with Crippen LogP contribution in [0.3, 0.4) is 0 Å². The molecule has 0 radical (unpaired) electrons. The largest absolute Gasteiger partial charge is 0.426 e. The minimum absolute atomic E-state index is 0.0351. The van der Waals surface area contributed by atoms with Crippen LogP contribution < -0.4 is 5.73 Å². The van der Waals surface area contributed by atoms with Gasteiger partial charge in [-0.25, -0.2) is 0 Å². The van der Waals surface area contributed by atoms with Crippen molar-refractivity contribution < 1.29 is 14.5 Å². The number of hydrogen-bond donors (Lipinski definition) is 1. The highest BCUT2D eigenvalue weighted by molar-refractivity contribution is 5.78. The summed E-state index contributed by atoms with van der Waals surface area (Å²) < 4.78 is 5.54. The van der Waals surface area contributed by atoms with E-state index in [9.17, 15) is 25.9 Å². The van der Waals surface area contributed by atoms with Crippen molar-refractivity contribution in [1.82, 2.24) is 0 Å². The summed E-state index contributed by atoms with van der Waals surface area (Å²) in [5, 5.41) is 43.0. The normalized spacial score (nSPS) is 17.8.